The van der Waals surface area contributed by atoms with Crippen LogP contribution in [0.15, 0.2) is 71.3 Å². The Labute approximate surface area is 164 Å². The Kier molecular flexibility index (Phi) is 5.83. The maximum Gasteiger partial charge on any atom is 0.276 e. The van der Waals surface area contributed by atoms with Crippen LogP contribution in [0.3, 0.4) is 0 Å². The Hall–Kier alpha value is -2.92. The fourth-order valence-corrected chi connectivity index (χ4v) is 3.58. The Morgan fingerprint density at radius 2 is 1.86 bits per heavy atom. The first kappa shape index (κ1) is 18.4. The van der Waals surface area contributed by atoms with E-state index in [1.807, 2.05) is 53.4 Å². The molecule has 0 N–H and O–H groups in total. The minimum absolute atomic E-state index is 0.0707. The third kappa shape index (κ3) is 4.49. The van der Waals surface area contributed by atoms with Gasteiger partial charge in [0, 0.05) is 24.7 Å². The van der Waals surface area contributed by atoms with Gasteiger partial charge in [-0.25, -0.2) is 0 Å². The number of rotatable bonds is 6. The smallest absolute Gasteiger partial charge is 0.276 e. The van der Waals surface area contributed by atoms with Crippen molar-refractivity contribution in [2.24, 2.45) is 5.92 Å². The van der Waals surface area contributed by atoms with Crippen LogP contribution in [-0.4, -0.2) is 35.7 Å². The van der Waals surface area contributed by atoms with Crippen molar-refractivity contribution in [2.75, 3.05) is 19.7 Å². The van der Waals surface area contributed by atoms with Crippen LogP contribution in [0.4, 0.5) is 0 Å². The molecule has 3 aromatic rings. The van der Waals surface area contributed by atoms with Crippen molar-refractivity contribution >= 4 is 5.91 Å². The highest BCUT2D eigenvalue weighted by atomic mass is 16.5. The Morgan fingerprint density at radius 3 is 2.64 bits per heavy atom. The number of amides is 1. The van der Waals surface area contributed by atoms with Gasteiger partial charge in [-0.2, -0.15) is 0 Å². The summed E-state index contributed by atoms with van der Waals surface area (Å²) in [6.07, 6.45) is 2.06. The van der Waals surface area contributed by atoms with E-state index in [4.69, 9.17) is 9.26 Å². The number of hydrogen-bond acceptors (Lipinski definition) is 4. The second kappa shape index (κ2) is 8.85. The first-order valence-electron chi connectivity index (χ1n) is 9.72. The summed E-state index contributed by atoms with van der Waals surface area (Å²) in [5.74, 6) is 0.893. The fraction of sp³-hybridized carbons (Fsp3) is 0.304. The minimum Gasteiger partial charge on any atom is -0.376 e. The molecule has 1 fully saturated rings. The lowest BCUT2D eigenvalue weighted by molar-refractivity contribution is 0.0420. The summed E-state index contributed by atoms with van der Waals surface area (Å²) in [5, 5.41) is 4.00. The van der Waals surface area contributed by atoms with Crippen molar-refractivity contribution in [3.63, 3.8) is 0 Å². The first-order chi connectivity index (χ1) is 13.8. The summed E-state index contributed by atoms with van der Waals surface area (Å²) in [7, 11) is 0. The van der Waals surface area contributed by atoms with E-state index in [1.165, 1.54) is 5.56 Å². The molecule has 28 heavy (non-hydrogen) atoms. The third-order valence-electron chi connectivity index (χ3n) is 5.06. The van der Waals surface area contributed by atoms with Crippen LogP contribution >= 0.6 is 0 Å². The molecular formula is C23H24N2O3. The molecule has 5 nitrogen and oxygen atoms in total. The van der Waals surface area contributed by atoms with Crippen LogP contribution in [-0.2, 0) is 11.3 Å². The molecule has 0 aliphatic carbocycles. The molecule has 0 unspecified atom stereocenters. The lowest BCUT2D eigenvalue weighted by atomic mass is 9.98. The molecule has 4 rings (SSSR count). The van der Waals surface area contributed by atoms with Crippen molar-refractivity contribution in [3.05, 3.63) is 78.0 Å². The van der Waals surface area contributed by atoms with E-state index in [9.17, 15) is 4.79 Å². The molecule has 0 bridgehead atoms. The van der Waals surface area contributed by atoms with Crippen LogP contribution in [0.2, 0.25) is 0 Å². The second-order valence-corrected chi connectivity index (χ2v) is 7.20. The maximum absolute atomic E-state index is 12.8. The van der Waals surface area contributed by atoms with Gasteiger partial charge < -0.3 is 14.2 Å². The minimum atomic E-state index is -0.0707. The van der Waals surface area contributed by atoms with E-state index >= 15 is 0 Å². The summed E-state index contributed by atoms with van der Waals surface area (Å²) in [4.78, 5) is 14.7. The quantitative estimate of drug-likeness (QED) is 0.639. The van der Waals surface area contributed by atoms with Gasteiger partial charge in [0.05, 0.1) is 13.2 Å². The van der Waals surface area contributed by atoms with Crippen LogP contribution in [0, 0.1) is 5.92 Å². The number of carbonyl (C=O) groups is 1. The largest absolute Gasteiger partial charge is 0.376 e. The second-order valence-electron chi connectivity index (χ2n) is 7.20. The van der Waals surface area contributed by atoms with Crippen LogP contribution < -0.4 is 0 Å². The monoisotopic (exact) mass is 376 g/mol. The number of ether oxygens (including phenoxy) is 1. The number of benzene rings is 2. The molecule has 2 aromatic carbocycles. The molecule has 0 radical (unpaired) electrons. The van der Waals surface area contributed by atoms with Gasteiger partial charge in [0.2, 0.25) is 0 Å². The van der Waals surface area contributed by atoms with Crippen molar-refractivity contribution in [1.82, 2.24) is 10.1 Å². The first-order valence-corrected chi connectivity index (χ1v) is 9.72. The van der Waals surface area contributed by atoms with E-state index in [-0.39, 0.29) is 5.91 Å². The van der Waals surface area contributed by atoms with Crippen LogP contribution in [0.1, 0.15) is 28.9 Å². The van der Waals surface area contributed by atoms with Crippen LogP contribution in [0.25, 0.3) is 11.3 Å². The molecule has 1 amide bonds. The van der Waals surface area contributed by atoms with Gasteiger partial charge in [-0.3, -0.25) is 4.79 Å². The molecule has 144 valence electrons. The highest BCUT2D eigenvalue weighted by molar-refractivity contribution is 5.93. The summed E-state index contributed by atoms with van der Waals surface area (Å²) >= 11 is 0. The number of aromatic nitrogens is 1. The van der Waals surface area contributed by atoms with Gasteiger partial charge >= 0.3 is 0 Å². The van der Waals surface area contributed by atoms with Gasteiger partial charge in [0.25, 0.3) is 5.91 Å². The van der Waals surface area contributed by atoms with E-state index in [0.29, 0.717) is 37.1 Å². The standard InChI is InChI=1S/C23H24N2O3/c26-23(21-14-22(28-24-21)20-11-5-2-6-12-20)25-13-7-10-19(15-25)17-27-16-18-8-3-1-4-9-18/h1-6,8-9,11-12,14,19H,7,10,13,15-17H2/t19-/m0/s1. The van der Waals surface area contributed by atoms with E-state index < -0.39 is 0 Å². The lowest BCUT2D eigenvalue weighted by Crippen LogP contribution is -2.41. The van der Waals surface area contributed by atoms with Gasteiger partial charge in [-0.05, 0) is 24.3 Å². The fourth-order valence-electron chi connectivity index (χ4n) is 3.58. The summed E-state index contributed by atoms with van der Waals surface area (Å²) in [5.41, 5.74) is 2.45. The van der Waals surface area contributed by atoms with Gasteiger partial charge in [0.1, 0.15) is 0 Å². The summed E-state index contributed by atoms with van der Waals surface area (Å²) in [6, 6.07) is 21.6. The van der Waals surface area contributed by atoms with Crippen molar-refractivity contribution < 1.29 is 14.1 Å². The molecule has 1 aliphatic rings. The molecule has 0 spiro atoms. The molecule has 1 aromatic heterocycles. The molecule has 1 aliphatic heterocycles. The number of nitrogens with zero attached hydrogens (tertiary/aromatic N) is 2. The van der Waals surface area contributed by atoms with Gasteiger partial charge in [0.15, 0.2) is 11.5 Å². The predicted octanol–water partition coefficient (Wildman–Crippen LogP) is 4.41. The number of carbonyl (C=O) groups excluding carboxylic acids is 1. The number of hydrogen-bond donors (Lipinski definition) is 0. The molecule has 1 atom stereocenters. The highest BCUT2D eigenvalue weighted by Gasteiger charge is 2.26. The van der Waals surface area contributed by atoms with E-state index in [0.717, 1.165) is 24.9 Å². The molecular weight excluding hydrogens is 352 g/mol. The van der Waals surface area contributed by atoms with Crippen molar-refractivity contribution in [1.29, 1.82) is 0 Å². The topological polar surface area (TPSA) is 55.6 Å². The molecule has 0 saturated carbocycles. The maximum atomic E-state index is 12.8. The van der Waals surface area contributed by atoms with Crippen molar-refractivity contribution in [2.45, 2.75) is 19.4 Å². The normalized spacial score (nSPS) is 16.9. The number of piperidine rings is 1. The molecule has 5 heteroatoms. The zero-order chi connectivity index (χ0) is 19.2. The van der Waals surface area contributed by atoms with Gasteiger partial charge in [-0.1, -0.05) is 65.8 Å². The number of likely N-dealkylation sites (tertiary alicyclic amines) is 1. The average Bonchev–Trinajstić information content (AvgIpc) is 3.25. The van der Waals surface area contributed by atoms with Gasteiger partial charge in [-0.15, -0.1) is 0 Å². The van der Waals surface area contributed by atoms with Crippen molar-refractivity contribution in [3.8, 4) is 11.3 Å². The average molecular weight is 376 g/mol. The zero-order valence-electron chi connectivity index (χ0n) is 15.8. The summed E-state index contributed by atoms with van der Waals surface area (Å²) in [6.45, 7) is 2.71. The Morgan fingerprint density at radius 1 is 1.11 bits per heavy atom. The summed E-state index contributed by atoms with van der Waals surface area (Å²) < 4.78 is 11.3. The van der Waals surface area contributed by atoms with Crippen LogP contribution in [0.5, 0.6) is 0 Å². The third-order valence-corrected chi connectivity index (χ3v) is 5.06. The highest BCUT2D eigenvalue weighted by Crippen LogP contribution is 2.23. The Balaban J connectivity index is 1.32. The lowest BCUT2D eigenvalue weighted by Gasteiger charge is -2.32. The molecule has 1 saturated heterocycles. The molecule has 2 heterocycles. The van der Waals surface area contributed by atoms with E-state index in [1.54, 1.807) is 6.07 Å². The predicted molar refractivity (Wildman–Crippen MR) is 107 cm³/mol. The Bertz CT molecular complexity index is 892. The SMILES string of the molecule is O=C(c1cc(-c2ccccc2)on1)N1CCC[C@H](COCc2ccccc2)C1. The van der Waals surface area contributed by atoms with E-state index in [2.05, 4.69) is 17.3 Å². The zero-order valence-corrected chi connectivity index (χ0v) is 15.8.